The number of likely N-dealkylation sites (N-methyl/N-ethyl adjacent to an activating group) is 1. The highest BCUT2D eigenvalue weighted by atomic mass is 19.4. The monoisotopic (exact) mass is 459 g/mol. The lowest BCUT2D eigenvalue weighted by Crippen LogP contribution is -2.54. The van der Waals surface area contributed by atoms with Crippen molar-refractivity contribution in [1.82, 2.24) is 0 Å². The smallest absolute Gasteiger partial charge is 0.416 e. The molecule has 0 saturated carbocycles. The molecule has 2 aliphatic rings. The average molecular weight is 459 g/mol. The van der Waals surface area contributed by atoms with Crippen molar-refractivity contribution in [3.05, 3.63) is 53.6 Å². The van der Waals surface area contributed by atoms with E-state index in [0.717, 1.165) is 17.8 Å². The van der Waals surface area contributed by atoms with Crippen molar-refractivity contribution in [3.63, 3.8) is 0 Å². The number of nitrogens with zero attached hydrogens (tertiary/aromatic N) is 1. The van der Waals surface area contributed by atoms with Gasteiger partial charge in [-0.3, -0.25) is 9.59 Å². The maximum absolute atomic E-state index is 13.1. The fourth-order valence-corrected chi connectivity index (χ4v) is 3.88. The molecule has 0 spiro atoms. The largest absolute Gasteiger partial charge is 0.493 e. The summed E-state index contributed by atoms with van der Waals surface area (Å²) >= 11 is 0. The van der Waals surface area contributed by atoms with Gasteiger partial charge < -0.3 is 20.3 Å². The van der Waals surface area contributed by atoms with Crippen LogP contribution in [0.1, 0.15) is 37.8 Å². The number of ether oxygens (including phenoxy) is 1. The minimum absolute atomic E-state index is 0.114. The number of carbonyl (C=O) groups is 2. The van der Waals surface area contributed by atoms with Crippen molar-refractivity contribution in [3.8, 4) is 5.75 Å². The van der Waals surface area contributed by atoms with Crippen LogP contribution in [0, 0.1) is 0 Å². The molecule has 0 bridgehead atoms. The van der Waals surface area contributed by atoms with E-state index in [0.29, 0.717) is 35.4 Å². The van der Waals surface area contributed by atoms with Crippen molar-refractivity contribution >= 4 is 34.4 Å². The van der Waals surface area contributed by atoms with E-state index in [1.807, 2.05) is 31.9 Å². The molecule has 2 aromatic rings. The molecule has 0 atom stereocenters. The Labute approximate surface area is 189 Å². The normalized spacial score (nSPS) is 18.5. The average Bonchev–Trinajstić information content (AvgIpc) is 2.93. The van der Waals surface area contributed by atoms with Crippen LogP contribution in [0.5, 0.6) is 5.75 Å². The molecule has 6 nitrogen and oxygen atoms in total. The Hall–Kier alpha value is -3.49. The van der Waals surface area contributed by atoms with Crippen LogP contribution >= 0.6 is 0 Å². The van der Waals surface area contributed by atoms with Crippen LogP contribution in [-0.4, -0.2) is 31.0 Å². The lowest BCUT2D eigenvalue weighted by molar-refractivity contribution is -0.137. The Morgan fingerprint density at radius 1 is 1.21 bits per heavy atom. The number of alkyl halides is 3. The molecule has 2 N–H and O–H groups in total. The highest BCUT2D eigenvalue weighted by Crippen LogP contribution is 2.39. The van der Waals surface area contributed by atoms with Crippen LogP contribution in [0.2, 0.25) is 0 Å². The molecule has 9 heteroatoms. The van der Waals surface area contributed by atoms with E-state index in [1.54, 1.807) is 12.1 Å². The van der Waals surface area contributed by atoms with Crippen molar-refractivity contribution in [1.29, 1.82) is 0 Å². The molecule has 0 saturated heterocycles. The first-order valence-corrected chi connectivity index (χ1v) is 10.5. The first kappa shape index (κ1) is 22.7. The highest BCUT2D eigenvalue weighted by molar-refractivity contribution is 6.08. The lowest BCUT2D eigenvalue weighted by Gasteiger charge is -2.41. The van der Waals surface area contributed by atoms with Crippen LogP contribution in [0.3, 0.4) is 0 Å². The molecular formula is C24H24F3N3O3. The molecule has 174 valence electrons. The molecule has 0 aromatic heterocycles. The summed E-state index contributed by atoms with van der Waals surface area (Å²) < 4.78 is 44.7. The van der Waals surface area contributed by atoms with Crippen LogP contribution in [0.4, 0.5) is 30.2 Å². The first-order valence-electron chi connectivity index (χ1n) is 10.5. The Kier molecular flexibility index (Phi) is 5.59. The number of carbonyl (C=O) groups excluding carboxylic acids is 2. The highest BCUT2D eigenvalue weighted by Gasteiger charge is 2.38. The Morgan fingerprint density at radius 3 is 2.70 bits per heavy atom. The lowest BCUT2D eigenvalue weighted by atomic mass is 9.97. The molecule has 0 aliphatic carbocycles. The van der Waals surface area contributed by atoms with Crippen molar-refractivity contribution in [2.45, 2.75) is 38.4 Å². The zero-order valence-corrected chi connectivity index (χ0v) is 18.5. The zero-order valence-electron chi connectivity index (χ0n) is 18.5. The molecule has 2 aromatic carbocycles. The fourth-order valence-electron chi connectivity index (χ4n) is 3.88. The Morgan fingerprint density at radius 2 is 1.97 bits per heavy atom. The summed E-state index contributed by atoms with van der Waals surface area (Å²) in [7, 11) is 1.83. The van der Waals surface area contributed by atoms with E-state index >= 15 is 0 Å². The second-order valence-electron chi connectivity index (χ2n) is 8.62. The van der Waals surface area contributed by atoms with E-state index in [2.05, 4.69) is 10.6 Å². The van der Waals surface area contributed by atoms with Crippen molar-refractivity contribution < 1.29 is 27.5 Å². The minimum Gasteiger partial charge on any atom is -0.493 e. The van der Waals surface area contributed by atoms with Gasteiger partial charge in [-0.2, -0.15) is 13.2 Å². The van der Waals surface area contributed by atoms with Gasteiger partial charge in [0.15, 0.2) is 0 Å². The van der Waals surface area contributed by atoms with Gasteiger partial charge in [0, 0.05) is 24.4 Å². The van der Waals surface area contributed by atoms with Crippen molar-refractivity contribution in [2.24, 2.45) is 0 Å². The fraction of sp³-hybridized carbons (Fsp3) is 0.333. The third-order valence-corrected chi connectivity index (χ3v) is 6.08. The van der Waals surface area contributed by atoms with E-state index in [4.69, 9.17) is 4.74 Å². The summed E-state index contributed by atoms with van der Waals surface area (Å²) in [5, 5.41) is 5.63. The predicted molar refractivity (Wildman–Crippen MR) is 120 cm³/mol. The second-order valence-corrected chi connectivity index (χ2v) is 8.62. The van der Waals surface area contributed by atoms with Gasteiger partial charge in [-0.1, -0.05) is 6.07 Å². The molecule has 2 amide bonds. The molecule has 2 aliphatic heterocycles. The van der Waals surface area contributed by atoms with Crippen LogP contribution in [-0.2, 0) is 15.8 Å². The summed E-state index contributed by atoms with van der Waals surface area (Å²) in [5.74, 6) is -0.464. The second kappa shape index (κ2) is 8.13. The summed E-state index contributed by atoms with van der Waals surface area (Å²) in [4.78, 5) is 27.0. The van der Waals surface area contributed by atoms with Gasteiger partial charge in [0.2, 0.25) is 11.8 Å². The molecule has 4 rings (SSSR count). The summed E-state index contributed by atoms with van der Waals surface area (Å²) in [5.41, 5.74) is 1.46. The maximum atomic E-state index is 13.1. The van der Waals surface area contributed by atoms with Crippen LogP contribution in [0.15, 0.2) is 42.5 Å². The van der Waals surface area contributed by atoms with Gasteiger partial charge in [0.25, 0.3) is 0 Å². The standard InChI is InChI=1S/C24H24F3N3O3/c1-23(2)22(32)29-18-13-16(7-9-19(18)30(23)3)28-21(31)11-14-5-4-10-33-20-12-15(24(25,26)27)6-8-17(14)20/h6-9,11-13H,4-5,10H2,1-3H3,(H,28,31)(H,29,32)/b14-11+. The Bertz CT molecular complexity index is 1160. The molecule has 33 heavy (non-hydrogen) atoms. The molecule has 0 radical (unpaired) electrons. The Balaban J connectivity index is 1.58. The number of hydrogen-bond donors (Lipinski definition) is 2. The van der Waals surface area contributed by atoms with Gasteiger partial charge in [0.05, 0.1) is 23.5 Å². The molecule has 0 unspecified atom stereocenters. The van der Waals surface area contributed by atoms with Crippen LogP contribution < -0.4 is 20.3 Å². The van der Waals surface area contributed by atoms with E-state index in [1.165, 1.54) is 12.1 Å². The van der Waals surface area contributed by atoms with Gasteiger partial charge in [-0.05, 0) is 62.6 Å². The topological polar surface area (TPSA) is 70.7 Å². The van der Waals surface area contributed by atoms with Gasteiger partial charge in [-0.25, -0.2) is 0 Å². The number of anilines is 3. The molecule has 2 heterocycles. The SMILES string of the molecule is CN1c2ccc(NC(=O)/C=C3\CCCOc4cc(C(F)(F)F)ccc43)cc2NC(=O)C1(C)C. The third-order valence-electron chi connectivity index (χ3n) is 6.08. The zero-order chi connectivity index (χ0) is 24.0. The number of amides is 2. The third kappa shape index (κ3) is 4.40. The summed E-state index contributed by atoms with van der Waals surface area (Å²) in [6, 6.07) is 8.52. The number of nitrogens with one attached hydrogen (secondary N) is 2. The van der Waals surface area contributed by atoms with E-state index < -0.39 is 23.2 Å². The predicted octanol–water partition coefficient (Wildman–Crippen LogP) is 5.07. The number of fused-ring (bicyclic) bond motifs is 2. The minimum atomic E-state index is -4.48. The van der Waals surface area contributed by atoms with Crippen molar-refractivity contribution in [2.75, 3.05) is 29.2 Å². The van der Waals surface area contributed by atoms with E-state index in [-0.39, 0.29) is 18.3 Å². The van der Waals surface area contributed by atoms with Gasteiger partial charge >= 0.3 is 6.18 Å². The number of allylic oxidation sites excluding steroid dienone is 1. The number of hydrogen-bond acceptors (Lipinski definition) is 4. The summed E-state index contributed by atoms with van der Waals surface area (Å²) in [6.45, 7) is 3.90. The number of rotatable bonds is 2. The van der Waals surface area contributed by atoms with E-state index in [9.17, 15) is 22.8 Å². The maximum Gasteiger partial charge on any atom is 0.416 e. The first-order chi connectivity index (χ1) is 15.5. The summed E-state index contributed by atoms with van der Waals surface area (Å²) in [6.07, 6.45) is -2.03. The van der Waals surface area contributed by atoms with Gasteiger partial charge in [-0.15, -0.1) is 0 Å². The van der Waals surface area contributed by atoms with Gasteiger partial charge in [0.1, 0.15) is 11.3 Å². The van der Waals surface area contributed by atoms with Crippen LogP contribution in [0.25, 0.3) is 5.57 Å². The number of benzene rings is 2. The number of halogens is 3. The molecular weight excluding hydrogens is 435 g/mol. The molecule has 0 fully saturated rings. The quantitative estimate of drug-likeness (QED) is 0.616.